The van der Waals surface area contributed by atoms with Gasteiger partial charge in [0.15, 0.2) is 0 Å². The summed E-state index contributed by atoms with van der Waals surface area (Å²) in [6.45, 7) is 0. The lowest BCUT2D eigenvalue weighted by Gasteiger charge is -1.90. The van der Waals surface area contributed by atoms with Crippen molar-refractivity contribution in [3.05, 3.63) is 48.8 Å². The molecule has 2 aromatic heterocycles. The molecule has 0 aromatic carbocycles. The lowest BCUT2D eigenvalue weighted by atomic mass is 10.5. The van der Waals surface area contributed by atoms with Crippen LogP contribution < -0.4 is 8.37 Å². The third kappa shape index (κ3) is 4.90. The number of pyridine rings is 2. The molecule has 0 spiro atoms. The van der Waals surface area contributed by atoms with Crippen LogP contribution in [0.1, 0.15) is 0 Å². The van der Waals surface area contributed by atoms with Gasteiger partial charge in [0.25, 0.3) is 0 Å². The molecule has 0 aliphatic heterocycles. The van der Waals surface area contributed by atoms with Crippen molar-refractivity contribution in [2.75, 3.05) is 0 Å². The molecule has 0 fully saturated rings. The van der Waals surface area contributed by atoms with Crippen LogP contribution in [0.3, 0.4) is 0 Å². The summed E-state index contributed by atoms with van der Waals surface area (Å²) in [5.41, 5.74) is 0. The minimum atomic E-state index is 0.524. The Labute approximate surface area is 105 Å². The van der Waals surface area contributed by atoms with Crippen LogP contribution in [0.2, 0.25) is 0 Å². The number of hydrogen-bond acceptors (Lipinski definition) is 6. The standard InChI is InChI=1S/2C5H5NOS/c2*8-7-5-3-1-2-4-6-5/h2*1-4,8H. The van der Waals surface area contributed by atoms with Crippen molar-refractivity contribution >= 4 is 25.8 Å². The third-order valence-electron chi connectivity index (χ3n) is 1.46. The lowest BCUT2D eigenvalue weighted by molar-refractivity contribution is 0.627. The average Bonchev–Trinajstić information content (AvgIpc) is 2.41. The van der Waals surface area contributed by atoms with Crippen molar-refractivity contribution in [1.29, 1.82) is 0 Å². The Morgan fingerprint density at radius 2 is 1.19 bits per heavy atom. The van der Waals surface area contributed by atoms with Crippen LogP contribution in [-0.4, -0.2) is 9.97 Å². The summed E-state index contributed by atoms with van der Waals surface area (Å²) in [5.74, 6) is 1.05. The van der Waals surface area contributed by atoms with E-state index < -0.39 is 0 Å². The molecule has 0 aliphatic rings. The van der Waals surface area contributed by atoms with E-state index in [0.717, 1.165) is 0 Å². The highest BCUT2D eigenvalue weighted by Gasteiger charge is 1.84. The summed E-state index contributed by atoms with van der Waals surface area (Å²) in [6.07, 6.45) is 3.29. The van der Waals surface area contributed by atoms with E-state index in [9.17, 15) is 0 Å². The number of thiol groups is 2. The van der Waals surface area contributed by atoms with E-state index >= 15 is 0 Å². The molecule has 0 N–H and O–H groups in total. The second-order valence-electron chi connectivity index (χ2n) is 2.52. The Hall–Kier alpha value is -1.40. The molecule has 0 radical (unpaired) electrons. The maximum absolute atomic E-state index is 4.50. The summed E-state index contributed by atoms with van der Waals surface area (Å²) < 4.78 is 8.99. The van der Waals surface area contributed by atoms with E-state index in [0.29, 0.717) is 11.8 Å². The second-order valence-corrected chi connectivity index (χ2v) is 2.88. The molecular weight excluding hydrogens is 244 g/mol. The predicted molar refractivity (Wildman–Crippen MR) is 67.7 cm³/mol. The molecule has 0 bridgehead atoms. The van der Waals surface area contributed by atoms with Gasteiger partial charge in [-0.2, -0.15) is 0 Å². The normalized spacial score (nSPS) is 8.62. The van der Waals surface area contributed by atoms with Gasteiger partial charge in [-0.25, -0.2) is 9.97 Å². The SMILES string of the molecule is SOc1ccccn1.SOc1ccccn1. The first kappa shape index (κ1) is 12.7. The van der Waals surface area contributed by atoms with Crippen molar-refractivity contribution in [2.24, 2.45) is 0 Å². The molecule has 16 heavy (non-hydrogen) atoms. The fraction of sp³-hybridized carbons (Fsp3) is 0. The van der Waals surface area contributed by atoms with Gasteiger partial charge in [-0.05, 0) is 12.1 Å². The minimum absolute atomic E-state index is 0.524. The predicted octanol–water partition coefficient (Wildman–Crippen LogP) is 2.61. The smallest absolute Gasteiger partial charge is 0.227 e. The fourth-order valence-electron chi connectivity index (χ4n) is 0.802. The van der Waals surface area contributed by atoms with Crippen molar-refractivity contribution in [3.8, 4) is 11.8 Å². The Morgan fingerprint density at radius 3 is 1.38 bits per heavy atom. The second kappa shape index (κ2) is 7.84. The van der Waals surface area contributed by atoms with Crippen LogP contribution in [0.4, 0.5) is 0 Å². The van der Waals surface area contributed by atoms with Crippen LogP contribution in [0.15, 0.2) is 48.8 Å². The third-order valence-corrected chi connectivity index (χ3v) is 1.84. The van der Waals surface area contributed by atoms with Gasteiger partial charge in [0, 0.05) is 50.3 Å². The molecule has 6 heteroatoms. The highest BCUT2D eigenvalue weighted by atomic mass is 32.1. The zero-order valence-corrected chi connectivity index (χ0v) is 10.0. The summed E-state index contributed by atoms with van der Waals surface area (Å²) in [4.78, 5) is 7.60. The van der Waals surface area contributed by atoms with E-state index in [4.69, 9.17) is 0 Å². The van der Waals surface area contributed by atoms with Gasteiger partial charge in [0.1, 0.15) is 0 Å². The topological polar surface area (TPSA) is 44.2 Å². The molecule has 0 unspecified atom stereocenters. The van der Waals surface area contributed by atoms with Crippen molar-refractivity contribution in [3.63, 3.8) is 0 Å². The molecule has 0 atom stereocenters. The number of nitrogens with zero attached hydrogens (tertiary/aromatic N) is 2. The van der Waals surface area contributed by atoms with E-state index in [2.05, 4.69) is 44.2 Å². The van der Waals surface area contributed by atoms with Gasteiger partial charge in [0.2, 0.25) is 11.8 Å². The first-order valence-corrected chi connectivity index (χ1v) is 5.04. The fourth-order valence-corrected chi connectivity index (χ4v) is 1.02. The van der Waals surface area contributed by atoms with Crippen molar-refractivity contribution in [1.82, 2.24) is 9.97 Å². The Balaban J connectivity index is 0.000000160. The zero-order valence-electron chi connectivity index (χ0n) is 8.22. The van der Waals surface area contributed by atoms with E-state index in [1.165, 1.54) is 0 Å². The quantitative estimate of drug-likeness (QED) is 0.638. The van der Waals surface area contributed by atoms with Gasteiger partial charge in [-0.15, -0.1) is 0 Å². The number of aromatic nitrogens is 2. The van der Waals surface area contributed by atoms with Gasteiger partial charge >= 0.3 is 0 Å². The monoisotopic (exact) mass is 254 g/mol. The van der Waals surface area contributed by atoms with Crippen LogP contribution in [0.25, 0.3) is 0 Å². The average molecular weight is 254 g/mol. The molecule has 0 amide bonds. The van der Waals surface area contributed by atoms with Crippen molar-refractivity contribution in [2.45, 2.75) is 0 Å². The molecule has 2 rings (SSSR count). The van der Waals surface area contributed by atoms with E-state index in [-0.39, 0.29) is 0 Å². The summed E-state index contributed by atoms with van der Waals surface area (Å²) >= 11 is 7.10. The van der Waals surface area contributed by atoms with Gasteiger partial charge < -0.3 is 8.37 Å². The van der Waals surface area contributed by atoms with E-state index in [1.807, 2.05) is 24.3 Å². The summed E-state index contributed by atoms with van der Waals surface area (Å²) in [5, 5.41) is 0. The van der Waals surface area contributed by atoms with Crippen LogP contribution in [-0.2, 0) is 0 Å². The largest absolute Gasteiger partial charge is 0.409 e. The Morgan fingerprint density at radius 1 is 0.750 bits per heavy atom. The zero-order chi connectivity index (χ0) is 11.6. The van der Waals surface area contributed by atoms with E-state index in [1.54, 1.807) is 24.5 Å². The maximum Gasteiger partial charge on any atom is 0.227 e. The number of rotatable bonds is 2. The summed E-state index contributed by atoms with van der Waals surface area (Å²) in [6, 6.07) is 10.8. The highest BCUT2D eigenvalue weighted by molar-refractivity contribution is 7.75. The van der Waals surface area contributed by atoms with Gasteiger partial charge in [-0.3, -0.25) is 0 Å². The summed E-state index contributed by atoms with van der Waals surface area (Å²) in [7, 11) is 0. The van der Waals surface area contributed by atoms with Gasteiger partial charge in [-0.1, -0.05) is 12.1 Å². The first-order chi connectivity index (χ1) is 7.86. The molecule has 0 saturated heterocycles. The maximum atomic E-state index is 4.50. The molecule has 84 valence electrons. The number of hydrogen-bond donors (Lipinski definition) is 2. The Bertz CT molecular complexity index is 347. The highest BCUT2D eigenvalue weighted by Crippen LogP contribution is 2.03. The van der Waals surface area contributed by atoms with Crippen LogP contribution >= 0.6 is 25.8 Å². The lowest BCUT2D eigenvalue weighted by Crippen LogP contribution is -1.76. The molecule has 2 aromatic rings. The molecule has 0 saturated carbocycles. The molecule has 0 aliphatic carbocycles. The molecule has 4 nitrogen and oxygen atoms in total. The first-order valence-electron chi connectivity index (χ1n) is 4.31. The van der Waals surface area contributed by atoms with Gasteiger partial charge in [0.05, 0.1) is 0 Å². The van der Waals surface area contributed by atoms with Crippen molar-refractivity contribution < 1.29 is 8.37 Å². The minimum Gasteiger partial charge on any atom is -0.409 e. The van der Waals surface area contributed by atoms with Crippen LogP contribution in [0.5, 0.6) is 11.8 Å². The molecule has 2 heterocycles. The molecular formula is C10H10N2O2S2. The Kier molecular flexibility index (Phi) is 6.20. The van der Waals surface area contributed by atoms with Crippen LogP contribution in [0, 0.1) is 0 Å².